The predicted octanol–water partition coefficient (Wildman–Crippen LogP) is 2.57. The summed E-state index contributed by atoms with van der Waals surface area (Å²) in [5.41, 5.74) is 1.74. The van der Waals surface area contributed by atoms with Crippen LogP contribution in [0, 0.1) is 17.3 Å². The number of benzene rings is 1. The number of Topliss-reactive ketones (excluding diaryl/α,β-unsaturated/α-hetero) is 2. The molecule has 1 aromatic carbocycles. The molecule has 4 aliphatic rings. The monoisotopic (exact) mass is 353 g/mol. The zero-order valence-corrected chi connectivity index (χ0v) is 15.2. The SMILES string of the molecule is CC(C)(C)C(=O)[C@H]1[C@@H]2[C@@H](C(=O)[C@H]3OC[C@H]2O3)[C@H]2c3ccccc3C=CN21. The summed E-state index contributed by atoms with van der Waals surface area (Å²) >= 11 is 0. The van der Waals surface area contributed by atoms with Gasteiger partial charge in [0.2, 0.25) is 6.29 Å². The van der Waals surface area contributed by atoms with Gasteiger partial charge in [0.25, 0.3) is 0 Å². The van der Waals surface area contributed by atoms with Gasteiger partial charge in [-0.05, 0) is 17.2 Å². The molecule has 3 fully saturated rings. The molecule has 5 rings (SSSR count). The third-order valence-corrected chi connectivity index (χ3v) is 6.21. The van der Waals surface area contributed by atoms with Gasteiger partial charge in [0.15, 0.2) is 11.6 Å². The number of nitrogens with zero attached hydrogens (tertiary/aromatic N) is 1. The van der Waals surface area contributed by atoms with E-state index in [2.05, 4.69) is 17.0 Å². The minimum absolute atomic E-state index is 0.0203. The van der Waals surface area contributed by atoms with E-state index in [1.54, 1.807) is 0 Å². The Balaban J connectivity index is 1.68. The first-order valence-corrected chi connectivity index (χ1v) is 9.27. The lowest BCUT2D eigenvalue weighted by Gasteiger charge is -2.36. The van der Waals surface area contributed by atoms with Gasteiger partial charge in [-0.3, -0.25) is 9.59 Å². The van der Waals surface area contributed by atoms with E-state index in [-0.39, 0.29) is 41.6 Å². The highest BCUT2D eigenvalue weighted by atomic mass is 16.7. The van der Waals surface area contributed by atoms with Crippen LogP contribution in [0.15, 0.2) is 30.5 Å². The molecule has 5 heteroatoms. The maximum absolute atomic E-state index is 13.4. The summed E-state index contributed by atoms with van der Waals surface area (Å²) in [6.45, 7) is 6.22. The van der Waals surface area contributed by atoms with E-state index in [0.29, 0.717) is 6.61 Å². The molecule has 0 radical (unpaired) electrons. The Morgan fingerprint density at radius 2 is 2.00 bits per heavy atom. The highest BCUT2D eigenvalue weighted by Gasteiger charge is 2.64. The highest BCUT2D eigenvalue weighted by molar-refractivity contribution is 5.94. The fraction of sp³-hybridized carbons (Fsp3) is 0.524. The Labute approximate surface area is 153 Å². The first-order valence-electron chi connectivity index (χ1n) is 9.27. The van der Waals surface area contributed by atoms with Crippen molar-refractivity contribution in [3.63, 3.8) is 0 Å². The Kier molecular flexibility index (Phi) is 3.29. The molecule has 0 saturated carbocycles. The van der Waals surface area contributed by atoms with Gasteiger partial charge in [-0.1, -0.05) is 45.0 Å². The number of carbonyl (C=O) groups is 2. The molecule has 0 amide bonds. The molecule has 4 aliphatic heterocycles. The summed E-state index contributed by atoms with van der Waals surface area (Å²) in [7, 11) is 0. The maximum atomic E-state index is 13.4. The topological polar surface area (TPSA) is 55.8 Å². The van der Waals surface area contributed by atoms with Crippen molar-refractivity contribution in [2.75, 3.05) is 6.61 Å². The van der Waals surface area contributed by atoms with Crippen LogP contribution in [-0.4, -0.2) is 41.5 Å². The molecular weight excluding hydrogens is 330 g/mol. The van der Waals surface area contributed by atoms with Gasteiger partial charge in [-0.15, -0.1) is 0 Å². The Morgan fingerprint density at radius 1 is 1.23 bits per heavy atom. The van der Waals surface area contributed by atoms with Crippen molar-refractivity contribution < 1.29 is 19.1 Å². The Bertz CT molecular complexity index is 824. The maximum Gasteiger partial charge on any atom is 0.218 e. The zero-order chi connectivity index (χ0) is 18.2. The van der Waals surface area contributed by atoms with Crippen LogP contribution >= 0.6 is 0 Å². The third kappa shape index (κ3) is 2.04. The van der Waals surface area contributed by atoms with Gasteiger partial charge >= 0.3 is 0 Å². The summed E-state index contributed by atoms with van der Waals surface area (Å²) in [6.07, 6.45) is 3.07. The summed E-state index contributed by atoms with van der Waals surface area (Å²) in [4.78, 5) is 28.6. The van der Waals surface area contributed by atoms with Crippen LogP contribution in [0.4, 0.5) is 0 Å². The molecule has 26 heavy (non-hydrogen) atoms. The molecule has 1 aromatic rings. The lowest BCUT2D eigenvalue weighted by Crippen LogP contribution is -2.50. The van der Waals surface area contributed by atoms with Crippen LogP contribution < -0.4 is 0 Å². The summed E-state index contributed by atoms with van der Waals surface area (Å²) in [6, 6.07) is 7.64. The standard InChI is InChI=1S/C21H23NO4/c1-21(2,3)19(24)17-14-13-10-25-20(26-13)18(23)15(14)16-12-7-5-4-6-11(12)8-9-22(16)17/h4-9,13-17,20H,10H2,1-3H3/t13-,14+,15-,16-,17-,20+/m1/s1. The molecule has 4 heterocycles. The molecule has 2 bridgehead atoms. The van der Waals surface area contributed by atoms with Gasteiger partial charge in [-0.25, -0.2) is 0 Å². The Morgan fingerprint density at radius 3 is 2.77 bits per heavy atom. The summed E-state index contributed by atoms with van der Waals surface area (Å²) < 4.78 is 11.4. The van der Waals surface area contributed by atoms with E-state index in [4.69, 9.17) is 9.47 Å². The molecular formula is C21H23NO4. The number of ether oxygens (including phenoxy) is 2. The van der Waals surface area contributed by atoms with Crippen molar-refractivity contribution >= 4 is 17.6 Å². The van der Waals surface area contributed by atoms with Crippen LogP contribution in [0.2, 0.25) is 0 Å². The molecule has 0 aromatic heterocycles. The largest absolute Gasteiger partial charge is 0.359 e. The van der Waals surface area contributed by atoms with Crippen LogP contribution in [0.1, 0.15) is 37.9 Å². The molecule has 0 spiro atoms. The van der Waals surface area contributed by atoms with Crippen molar-refractivity contribution in [3.8, 4) is 0 Å². The first kappa shape index (κ1) is 16.2. The quantitative estimate of drug-likeness (QED) is 0.777. The second-order valence-electron chi connectivity index (χ2n) is 8.74. The first-order chi connectivity index (χ1) is 12.4. The number of fused-ring (bicyclic) bond motifs is 8. The van der Waals surface area contributed by atoms with Gasteiger partial charge < -0.3 is 14.4 Å². The van der Waals surface area contributed by atoms with Crippen molar-refractivity contribution in [3.05, 3.63) is 41.6 Å². The van der Waals surface area contributed by atoms with Crippen LogP contribution in [0.25, 0.3) is 6.08 Å². The van der Waals surface area contributed by atoms with Gasteiger partial charge in [0.1, 0.15) is 0 Å². The summed E-state index contributed by atoms with van der Waals surface area (Å²) in [5.74, 6) is -0.314. The molecule has 0 aliphatic carbocycles. The lowest BCUT2D eigenvalue weighted by molar-refractivity contribution is -0.165. The van der Waals surface area contributed by atoms with Crippen LogP contribution in [-0.2, 0) is 19.1 Å². The van der Waals surface area contributed by atoms with E-state index >= 15 is 0 Å². The number of rotatable bonds is 1. The highest BCUT2D eigenvalue weighted by Crippen LogP contribution is 2.55. The van der Waals surface area contributed by atoms with E-state index in [0.717, 1.165) is 11.1 Å². The number of hydrogen-bond acceptors (Lipinski definition) is 5. The number of ketones is 2. The molecule has 136 valence electrons. The van der Waals surface area contributed by atoms with Crippen molar-refractivity contribution in [2.24, 2.45) is 17.3 Å². The van der Waals surface area contributed by atoms with Crippen molar-refractivity contribution in [2.45, 2.75) is 45.2 Å². The lowest BCUT2D eigenvalue weighted by atomic mass is 9.73. The zero-order valence-electron chi connectivity index (χ0n) is 15.2. The molecule has 6 atom stereocenters. The van der Waals surface area contributed by atoms with Crippen molar-refractivity contribution in [1.29, 1.82) is 0 Å². The minimum atomic E-state index is -0.773. The predicted molar refractivity (Wildman–Crippen MR) is 94.9 cm³/mol. The number of hydrogen-bond donors (Lipinski definition) is 0. The average molecular weight is 353 g/mol. The minimum Gasteiger partial charge on any atom is -0.359 e. The average Bonchev–Trinajstić information content (AvgIpc) is 3.19. The molecule has 0 N–H and O–H groups in total. The van der Waals surface area contributed by atoms with Crippen LogP contribution in [0.3, 0.4) is 0 Å². The third-order valence-electron chi connectivity index (χ3n) is 6.21. The summed E-state index contributed by atoms with van der Waals surface area (Å²) in [5, 5.41) is 0. The van der Waals surface area contributed by atoms with Gasteiger partial charge in [0, 0.05) is 17.5 Å². The van der Waals surface area contributed by atoms with Crippen molar-refractivity contribution in [1.82, 2.24) is 4.90 Å². The number of carbonyl (C=O) groups excluding carboxylic acids is 2. The Hall–Kier alpha value is -1.98. The normalized spacial score (nSPS) is 37.3. The van der Waals surface area contributed by atoms with Gasteiger partial charge in [0.05, 0.1) is 30.7 Å². The van der Waals surface area contributed by atoms with E-state index in [1.807, 2.05) is 45.2 Å². The second kappa shape index (κ2) is 5.27. The molecule has 0 unspecified atom stereocenters. The van der Waals surface area contributed by atoms with Crippen LogP contribution in [0.5, 0.6) is 0 Å². The fourth-order valence-electron chi connectivity index (χ4n) is 5.06. The van der Waals surface area contributed by atoms with E-state index < -0.39 is 11.7 Å². The van der Waals surface area contributed by atoms with Gasteiger partial charge in [-0.2, -0.15) is 0 Å². The second-order valence-corrected chi connectivity index (χ2v) is 8.74. The van der Waals surface area contributed by atoms with E-state index in [9.17, 15) is 9.59 Å². The molecule has 3 saturated heterocycles. The van der Waals surface area contributed by atoms with E-state index in [1.165, 1.54) is 0 Å². The molecule has 5 nitrogen and oxygen atoms in total. The fourth-order valence-corrected chi connectivity index (χ4v) is 5.06. The smallest absolute Gasteiger partial charge is 0.218 e.